The van der Waals surface area contributed by atoms with E-state index < -0.39 is 5.97 Å². The molecule has 12 heavy (non-hydrogen) atoms. The number of aliphatic carboxylic acids is 1. The lowest BCUT2D eigenvalue weighted by molar-refractivity contribution is -0.137. The minimum Gasteiger partial charge on any atom is -0.481 e. The lowest BCUT2D eigenvalue weighted by Crippen LogP contribution is -2.07. The summed E-state index contributed by atoms with van der Waals surface area (Å²) < 4.78 is 5.07. The third-order valence-corrected chi connectivity index (χ3v) is 1.36. The molecule has 0 saturated carbocycles. The Morgan fingerprint density at radius 3 is 2.67 bits per heavy atom. The van der Waals surface area contributed by atoms with Crippen molar-refractivity contribution in [1.29, 1.82) is 0 Å². The summed E-state index contributed by atoms with van der Waals surface area (Å²) in [5.74, 6) is -0.797. The van der Waals surface area contributed by atoms with Crippen LogP contribution in [0, 0.1) is 0 Å². The van der Waals surface area contributed by atoms with Crippen molar-refractivity contribution < 1.29 is 19.7 Å². The van der Waals surface area contributed by atoms with Crippen LogP contribution in [0.5, 0.6) is 0 Å². The van der Waals surface area contributed by atoms with E-state index in [1.54, 1.807) is 6.92 Å². The van der Waals surface area contributed by atoms with Gasteiger partial charge in [-0.2, -0.15) is 0 Å². The predicted molar refractivity (Wildman–Crippen MR) is 44.0 cm³/mol. The molecule has 0 radical (unpaired) electrons. The molecule has 72 valence electrons. The molecule has 0 rings (SSSR count). The number of carbonyl (C=O) groups is 1. The van der Waals surface area contributed by atoms with Gasteiger partial charge in [-0.1, -0.05) is 0 Å². The number of ether oxygens (including phenoxy) is 1. The quantitative estimate of drug-likeness (QED) is 0.558. The second-order valence-corrected chi connectivity index (χ2v) is 2.75. The van der Waals surface area contributed by atoms with Crippen LogP contribution in [-0.4, -0.2) is 35.5 Å². The molecular weight excluding hydrogens is 160 g/mol. The summed E-state index contributed by atoms with van der Waals surface area (Å²) in [6, 6.07) is 0. The van der Waals surface area contributed by atoms with E-state index in [0.717, 1.165) is 0 Å². The highest BCUT2D eigenvalue weighted by molar-refractivity contribution is 5.66. The molecule has 1 atom stereocenters. The number of hydrogen-bond donors (Lipinski definition) is 2. The van der Waals surface area contributed by atoms with Crippen molar-refractivity contribution in [1.82, 2.24) is 0 Å². The van der Waals surface area contributed by atoms with Crippen molar-refractivity contribution in [2.24, 2.45) is 0 Å². The Bertz CT molecular complexity index is 122. The number of aliphatic hydroxyl groups excluding tert-OH is 1. The molecule has 0 aliphatic heterocycles. The van der Waals surface area contributed by atoms with Gasteiger partial charge in [-0.15, -0.1) is 0 Å². The Morgan fingerprint density at radius 2 is 2.17 bits per heavy atom. The molecule has 0 aromatic rings. The van der Waals surface area contributed by atoms with Crippen LogP contribution in [0.2, 0.25) is 0 Å². The van der Waals surface area contributed by atoms with Gasteiger partial charge in [0.15, 0.2) is 0 Å². The summed E-state index contributed by atoms with van der Waals surface area (Å²) in [5.41, 5.74) is 0. The molecule has 0 aliphatic carbocycles. The van der Waals surface area contributed by atoms with Crippen LogP contribution < -0.4 is 0 Å². The maximum absolute atomic E-state index is 10.0. The van der Waals surface area contributed by atoms with Crippen molar-refractivity contribution in [3.05, 3.63) is 0 Å². The van der Waals surface area contributed by atoms with E-state index in [1.807, 2.05) is 0 Å². The van der Waals surface area contributed by atoms with Crippen LogP contribution >= 0.6 is 0 Å². The number of carboxylic acids is 1. The lowest BCUT2D eigenvalue weighted by Gasteiger charge is -2.04. The Morgan fingerprint density at radius 1 is 1.50 bits per heavy atom. The second-order valence-electron chi connectivity index (χ2n) is 2.75. The van der Waals surface area contributed by atoms with E-state index in [0.29, 0.717) is 26.1 Å². The van der Waals surface area contributed by atoms with Crippen LogP contribution in [0.3, 0.4) is 0 Å². The topological polar surface area (TPSA) is 66.8 Å². The highest BCUT2D eigenvalue weighted by Crippen LogP contribution is 1.93. The molecule has 1 unspecified atom stereocenters. The van der Waals surface area contributed by atoms with Crippen LogP contribution in [-0.2, 0) is 9.53 Å². The largest absolute Gasteiger partial charge is 0.481 e. The molecule has 4 heteroatoms. The number of hydrogen-bond acceptors (Lipinski definition) is 3. The average molecular weight is 176 g/mol. The second kappa shape index (κ2) is 7.06. The van der Waals surface area contributed by atoms with Gasteiger partial charge in [0.1, 0.15) is 0 Å². The normalized spacial score (nSPS) is 12.8. The van der Waals surface area contributed by atoms with Crippen LogP contribution in [0.4, 0.5) is 0 Å². The fourth-order valence-corrected chi connectivity index (χ4v) is 0.681. The van der Waals surface area contributed by atoms with Crippen molar-refractivity contribution in [2.75, 3.05) is 13.2 Å². The Labute approximate surface area is 72.2 Å². The summed E-state index contributed by atoms with van der Waals surface area (Å²) in [5, 5.41) is 17.1. The van der Waals surface area contributed by atoms with Crippen molar-refractivity contribution in [2.45, 2.75) is 32.3 Å². The SMILES string of the molecule is CC(O)CCOCCCC(=O)O. The maximum atomic E-state index is 10.0. The van der Waals surface area contributed by atoms with Crippen molar-refractivity contribution >= 4 is 5.97 Å². The Balaban J connectivity index is 2.96. The first-order valence-corrected chi connectivity index (χ1v) is 4.10. The Hall–Kier alpha value is -0.610. The zero-order valence-corrected chi connectivity index (χ0v) is 7.32. The van der Waals surface area contributed by atoms with Gasteiger partial charge in [0.2, 0.25) is 0 Å². The summed E-state index contributed by atoms with van der Waals surface area (Å²) in [6.07, 6.45) is 0.946. The van der Waals surface area contributed by atoms with Gasteiger partial charge >= 0.3 is 5.97 Å². The summed E-state index contributed by atoms with van der Waals surface area (Å²) in [4.78, 5) is 10.0. The molecule has 0 spiro atoms. The Kier molecular flexibility index (Phi) is 6.70. The third-order valence-electron chi connectivity index (χ3n) is 1.36. The molecule has 0 heterocycles. The average Bonchev–Trinajstić information content (AvgIpc) is 1.95. The molecule has 0 aromatic heterocycles. The van der Waals surface area contributed by atoms with Gasteiger partial charge in [-0.25, -0.2) is 0 Å². The zero-order chi connectivity index (χ0) is 9.40. The fourth-order valence-electron chi connectivity index (χ4n) is 0.681. The highest BCUT2D eigenvalue weighted by Gasteiger charge is 1.97. The highest BCUT2D eigenvalue weighted by atomic mass is 16.5. The van der Waals surface area contributed by atoms with Crippen molar-refractivity contribution in [3.63, 3.8) is 0 Å². The van der Waals surface area contributed by atoms with Gasteiger partial charge in [0.05, 0.1) is 6.10 Å². The van der Waals surface area contributed by atoms with Gasteiger partial charge < -0.3 is 14.9 Å². The van der Waals surface area contributed by atoms with E-state index in [-0.39, 0.29) is 12.5 Å². The third kappa shape index (κ3) is 9.39. The van der Waals surface area contributed by atoms with Crippen molar-refractivity contribution in [3.8, 4) is 0 Å². The first-order valence-electron chi connectivity index (χ1n) is 4.10. The minimum absolute atomic E-state index is 0.147. The molecule has 0 bridgehead atoms. The predicted octanol–water partition coefficient (Wildman–Crippen LogP) is 0.639. The van der Waals surface area contributed by atoms with E-state index >= 15 is 0 Å². The number of rotatable bonds is 7. The monoisotopic (exact) mass is 176 g/mol. The van der Waals surface area contributed by atoms with Gasteiger partial charge in [0.25, 0.3) is 0 Å². The fraction of sp³-hybridized carbons (Fsp3) is 0.875. The van der Waals surface area contributed by atoms with Crippen LogP contribution in [0.1, 0.15) is 26.2 Å². The van der Waals surface area contributed by atoms with E-state index in [4.69, 9.17) is 14.9 Å². The van der Waals surface area contributed by atoms with E-state index in [9.17, 15) is 4.79 Å². The standard InChI is InChI=1S/C8H16O4/c1-7(9)4-6-12-5-2-3-8(10)11/h7,9H,2-6H2,1H3,(H,10,11). The smallest absolute Gasteiger partial charge is 0.303 e. The van der Waals surface area contributed by atoms with Crippen LogP contribution in [0.25, 0.3) is 0 Å². The zero-order valence-electron chi connectivity index (χ0n) is 7.32. The summed E-state index contributed by atoms with van der Waals surface area (Å²) >= 11 is 0. The lowest BCUT2D eigenvalue weighted by atomic mass is 10.3. The molecule has 0 aromatic carbocycles. The number of carboxylic acid groups (broad SMARTS) is 1. The summed E-state index contributed by atoms with van der Waals surface area (Å²) in [6.45, 7) is 2.65. The molecule has 0 aliphatic rings. The maximum Gasteiger partial charge on any atom is 0.303 e. The molecule has 0 amide bonds. The molecule has 2 N–H and O–H groups in total. The first kappa shape index (κ1) is 11.4. The molecule has 0 fully saturated rings. The van der Waals surface area contributed by atoms with Gasteiger partial charge in [-0.05, 0) is 19.8 Å². The first-order chi connectivity index (χ1) is 5.63. The minimum atomic E-state index is -0.797. The van der Waals surface area contributed by atoms with Gasteiger partial charge in [0, 0.05) is 19.6 Å². The van der Waals surface area contributed by atoms with E-state index in [2.05, 4.69) is 0 Å². The van der Waals surface area contributed by atoms with Crippen LogP contribution in [0.15, 0.2) is 0 Å². The summed E-state index contributed by atoms with van der Waals surface area (Å²) in [7, 11) is 0. The van der Waals surface area contributed by atoms with E-state index in [1.165, 1.54) is 0 Å². The molecule has 0 saturated heterocycles. The molecule has 4 nitrogen and oxygen atoms in total. The van der Waals surface area contributed by atoms with Gasteiger partial charge in [-0.3, -0.25) is 4.79 Å². The number of aliphatic hydroxyl groups is 1. The molecular formula is C8H16O4.